The Bertz CT molecular complexity index is 1450. The molecule has 1 amide bonds. The van der Waals surface area contributed by atoms with E-state index in [0.717, 1.165) is 6.07 Å². The van der Waals surface area contributed by atoms with Gasteiger partial charge in [0.05, 0.1) is 28.8 Å². The highest BCUT2D eigenvalue weighted by Crippen LogP contribution is 2.42. The van der Waals surface area contributed by atoms with Crippen LogP contribution in [-0.2, 0) is 6.18 Å². The fraction of sp³-hybridized carbons (Fsp3) is 0.227. The van der Waals surface area contributed by atoms with E-state index in [0.29, 0.717) is 39.8 Å². The summed E-state index contributed by atoms with van der Waals surface area (Å²) < 4.78 is 60.3. The number of anilines is 1. The summed E-state index contributed by atoms with van der Waals surface area (Å²) in [7, 11) is 1.49. The zero-order valence-corrected chi connectivity index (χ0v) is 17.4. The predicted octanol–water partition coefficient (Wildman–Crippen LogP) is 4.14. The average molecular weight is 459 g/mol. The minimum atomic E-state index is -4.85. The lowest BCUT2D eigenvalue weighted by molar-refractivity contribution is -0.140. The van der Waals surface area contributed by atoms with Crippen molar-refractivity contribution in [2.24, 2.45) is 0 Å². The van der Waals surface area contributed by atoms with Crippen LogP contribution >= 0.6 is 0 Å². The van der Waals surface area contributed by atoms with Crippen LogP contribution in [0.15, 0.2) is 36.5 Å². The Labute approximate surface area is 184 Å². The summed E-state index contributed by atoms with van der Waals surface area (Å²) in [6.45, 7) is 1.71. The number of alkyl halides is 3. The number of imidazole rings is 1. The maximum Gasteiger partial charge on any atom is 0.419 e. The van der Waals surface area contributed by atoms with Crippen LogP contribution in [0.25, 0.3) is 16.6 Å². The number of hydrogen-bond acceptors (Lipinski definition) is 5. The van der Waals surface area contributed by atoms with Crippen LogP contribution in [0.5, 0.6) is 5.75 Å². The van der Waals surface area contributed by atoms with Crippen LogP contribution in [0, 0.1) is 12.7 Å². The second-order valence-corrected chi connectivity index (χ2v) is 7.84. The second kappa shape index (κ2) is 7.06. The molecular weight excluding hydrogens is 442 g/mol. The number of ether oxygens (including phenoxy) is 1. The number of fused-ring (bicyclic) bond motifs is 4. The largest absolute Gasteiger partial charge is 0.491 e. The number of likely N-dealkylation sites (N-methyl/N-ethyl adjacent to an activating group) is 1. The third-order valence-electron chi connectivity index (χ3n) is 5.85. The smallest absolute Gasteiger partial charge is 0.419 e. The van der Waals surface area contributed by atoms with Crippen LogP contribution in [-0.4, -0.2) is 38.8 Å². The summed E-state index contributed by atoms with van der Waals surface area (Å²) in [5.41, 5.74) is 6.88. The summed E-state index contributed by atoms with van der Waals surface area (Å²) in [4.78, 5) is 23.2. The number of benzene rings is 2. The van der Waals surface area contributed by atoms with Gasteiger partial charge in [0.25, 0.3) is 5.91 Å². The molecule has 0 saturated carbocycles. The number of halogens is 4. The number of carbonyl (C=O) groups excluding carboxylic acids is 1. The maximum absolute atomic E-state index is 14.2. The Balaban J connectivity index is 1.52. The Kier molecular flexibility index (Phi) is 4.49. The van der Waals surface area contributed by atoms with Crippen LogP contribution in [0.4, 0.5) is 23.4 Å². The van der Waals surface area contributed by atoms with E-state index in [1.807, 2.05) is 0 Å². The van der Waals surface area contributed by atoms with E-state index >= 15 is 0 Å². The Morgan fingerprint density at radius 1 is 1.24 bits per heavy atom. The molecule has 0 aliphatic carbocycles. The van der Waals surface area contributed by atoms with Crippen molar-refractivity contribution < 1.29 is 27.1 Å². The Hall–Kier alpha value is -3.89. The number of carbonyl (C=O) groups is 1. The molecule has 1 atom stereocenters. The number of aromatic nitrogens is 3. The van der Waals surface area contributed by atoms with E-state index in [-0.39, 0.29) is 17.9 Å². The molecule has 0 unspecified atom stereocenters. The zero-order valence-electron chi connectivity index (χ0n) is 17.4. The van der Waals surface area contributed by atoms with Gasteiger partial charge < -0.3 is 15.4 Å². The van der Waals surface area contributed by atoms with Crippen LogP contribution in [0.3, 0.4) is 0 Å². The van der Waals surface area contributed by atoms with Crippen molar-refractivity contribution in [3.63, 3.8) is 0 Å². The highest BCUT2D eigenvalue weighted by Gasteiger charge is 2.39. The standard InChI is InChI=1S/C22H17F4N5O2/c1-10-28-8-17-20(27)29-15-4-3-11(5-16(15)31(10)17)21(32)30(2)18-9-33-19-7-13(22(24,25)26)14(23)6-12(18)19/h3-8,18H,9H2,1-2H3,(H2,27,29)/t18-/m1/s1. The van der Waals surface area contributed by atoms with Gasteiger partial charge in [0, 0.05) is 18.2 Å². The molecule has 1 aliphatic heterocycles. The molecule has 1 aliphatic rings. The zero-order chi connectivity index (χ0) is 23.7. The van der Waals surface area contributed by atoms with Gasteiger partial charge in [-0.1, -0.05) is 0 Å². The molecule has 170 valence electrons. The first-order chi connectivity index (χ1) is 15.6. The summed E-state index contributed by atoms with van der Waals surface area (Å²) in [5.74, 6) is -0.955. The molecule has 7 nitrogen and oxygen atoms in total. The summed E-state index contributed by atoms with van der Waals surface area (Å²) in [6, 6.07) is 5.54. The van der Waals surface area contributed by atoms with E-state index < -0.39 is 29.5 Å². The number of nitrogen functional groups attached to an aromatic ring is 1. The Morgan fingerprint density at radius 2 is 2.00 bits per heavy atom. The van der Waals surface area contributed by atoms with E-state index in [9.17, 15) is 22.4 Å². The third kappa shape index (κ3) is 3.22. The normalized spacial score (nSPS) is 15.6. The lowest BCUT2D eigenvalue weighted by Gasteiger charge is -2.24. The lowest BCUT2D eigenvalue weighted by atomic mass is 10.0. The average Bonchev–Trinajstić information content (AvgIpc) is 3.35. The van der Waals surface area contributed by atoms with Gasteiger partial charge >= 0.3 is 6.18 Å². The lowest BCUT2D eigenvalue weighted by Crippen LogP contribution is -2.32. The fourth-order valence-corrected chi connectivity index (χ4v) is 4.14. The van der Waals surface area contributed by atoms with Gasteiger partial charge in [-0.2, -0.15) is 13.2 Å². The summed E-state index contributed by atoms with van der Waals surface area (Å²) >= 11 is 0. The molecule has 0 fully saturated rings. The van der Waals surface area contributed by atoms with Gasteiger partial charge in [0.1, 0.15) is 35.3 Å². The number of nitrogens with two attached hydrogens (primary N) is 1. The van der Waals surface area contributed by atoms with Crippen molar-refractivity contribution in [1.29, 1.82) is 0 Å². The highest BCUT2D eigenvalue weighted by molar-refractivity contribution is 5.98. The molecule has 0 bridgehead atoms. The monoisotopic (exact) mass is 459 g/mol. The van der Waals surface area contributed by atoms with Crippen molar-refractivity contribution in [2.45, 2.75) is 19.1 Å². The molecule has 4 aromatic rings. The van der Waals surface area contributed by atoms with Gasteiger partial charge in [-0.05, 0) is 37.3 Å². The van der Waals surface area contributed by atoms with E-state index in [4.69, 9.17) is 10.5 Å². The Morgan fingerprint density at radius 3 is 2.73 bits per heavy atom. The van der Waals surface area contributed by atoms with E-state index in [2.05, 4.69) is 9.97 Å². The van der Waals surface area contributed by atoms with Crippen LogP contribution in [0.1, 0.15) is 33.4 Å². The first-order valence-electron chi connectivity index (χ1n) is 9.90. The minimum absolute atomic E-state index is 0.0884. The molecular formula is C22H17F4N5O2. The number of amides is 1. The first-order valence-corrected chi connectivity index (χ1v) is 9.90. The predicted molar refractivity (Wildman–Crippen MR) is 111 cm³/mol. The molecule has 5 rings (SSSR count). The number of hydrogen-bond donors (Lipinski definition) is 1. The molecule has 11 heteroatoms. The quantitative estimate of drug-likeness (QED) is 0.456. The molecule has 0 saturated heterocycles. The second-order valence-electron chi connectivity index (χ2n) is 7.84. The molecule has 3 heterocycles. The van der Waals surface area contributed by atoms with Crippen molar-refractivity contribution in [2.75, 3.05) is 19.4 Å². The number of nitrogens with zero attached hydrogens (tertiary/aromatic N) is 4. The van der Waals surface area contributed by atoms with Gasteiger partial charge in [-0.25, -0.2) is 14.4 Å². The first kappa shape index (κ1) is 21.0. The van der Waals surface area contributed by atoms with E-state index in [1.54, 1.807) is 35.7 Å². The van der Waals surface area contributed by atoms with Gasteiger partial charge in [0.15, 0.2) is 0 Å². The van der Waals surface area contributed by atoms with Crippen molar-refractivity contribution in [3.05, 3.63) is 64.9 Å². The maximum atomic E-state index is 14.2. The van der Waals surface area contributed by atoms with Crippen LogP contribution < -0.4 is 10.5 Å². The number of rotatable bonds is 2. The molecule has 33 heavy (non-hydrogen) atoms. The van der Waals surface area contributed by atoms with Crippen LogP contribution in [0.2, 0.25) is 0 Å². The van der Waals surface area contributed by atoms with Crippen molar-refractivity contribution in [1.82, 2.24) is 19.3 Å². The van der Waals surface area contributed by atoms with Gasteiger partial charge in [0.2, 0.25) is 0 Å². The number of aryl methyl sites for hydroxylation is 1. The van der Waals surface area contributed by atoms with E-state index in [1.165, 1.54) is 11.9 Å². The van der Waals surface area contributed by atoms with Crippen molar-refractivity contribution in [3.8, 4) is 5.75 Å². The SMILES string of the molecule is Cc1ncc2c(N)nc3ccc(C(=O)N(C)[C@@H]4COc5cc(C(F)(F)F)c(F)cc54)cc3n12. The third-order valence-corrected chi connectivity index (χ3v) is 5.85. The molecule has 2 N–H and O–H groups in total. The summed E-state index contributed by atoms with van der Waals surface area (Å²) in [5, 5.41) is 0. The molecule has 2 aromatic carbocycles. The minimum Gasteiger partial charge on any atom is -0.491 e. The van der Waals surface area contributed by atoms with Crippen molar-refractivity contribution >= 4 is 28.3 Å². The molecule has 2 aromatic heterocycles. The summed E-state index contributed by atoms with van der Waals surface area (Å²) in [6.07, 6.45) is -3.25. The molecule has 0 spiro atoms. The van der Waals surface area contributed by atoms with Gasteiger partial charge in [-0.3, -0.25) is 9.20 Å². The molecule has 0 radical (unpaired) electrons. The topological polar surface area (TPSA) is 85.8 Å². The van der Waals surface area contributed by atoms with Gasteiger partial charge in [-0.15, -0.1) is 0 Å². The highest BCUT2D eigenvalue weighted by atomic mass is 19.4. The fourth-order valence-electron chi connectivity index (χ4n) is 4.14.